The van der Waals surface area contributed by atoms with Crippen molar-refractivity contribution in [3.63, 3.8) is 0 Å². The van der Waals surface area contributed by atoms with Gasteiger partial charge >= 0.3 is 0 Å². The van der Waals surface area contributed by atoms with Crippen LogP contribution in [0.3, 0.4) is 0 Å². The van der Waals surface area contributed by atoms with Crippen molar-refractivity contribution < 1.29 is 9.85 Å². The number of nitro groups is 2. The molecule has 0 amide bonds. The fourth-order valence-corrected chi connectivity index (χ4v) is 3.34. The van der Waals surface area contributed by atoms with Crippen molar-refractivity contribution in [3.8, 4) is 0 Å². The van der Waals surface area contributed by atoms with Crippen molar-refractivity contribution in [3.05, 3.63) is 66.7 Å². The largest absolute Gasteiger partial charge is 0.362 e. The predicted octanol–water partition coefficient (Wildman–Crippen LogP) is 4.14. The summed E-state index contributed by atoms with van der Waals surface area (Å²) in [4.78, 5) is 25.4. The van der Waals surface area contributed by atoms with E-state index < -0.39 is 9.85 Å². The smallest absolute Gasteiger partial charge is 0.294 e. The number of anilines is 2. The molecular weight excluding hydrogens is 383 g/mol. The van der Waals surface area contributed by atoms with Gasteiger partial charge in [-0.1, -0.05) is 23.2 Å². The molecule has 1 aliphatic heterocycles. The standard InChI is InChI=1S/C16H14Cl2N4O4/c17-11-1-3-13(15(9-11)21(23)24)19-5-7-20(8-6-19)14-4-2-12(18)10-16(14)22(25)26/h1-4,9-10H,5-8H2. The number of piperazine rings is 1. The lowest BCUT2D eigenvalue weighted by atomic mass is 10.2. The van der Waals surface area contributed by atoms with Crippen molar-refractivity contribution in [2.24, 2.45) is 0 Å². The van der Waals surface area contributed by atoms with Crippen molar-refractivity contribution in [1.29, 1.82) is 0 Å². The number of nitrogens with zero attached hydrogens (tertiary/aromatic N) is 4. The molecule has 1 aliphatic rings. The number of nitro benzene ring substituents is 2. The first-order valence-corrected chi connectivity index (χ1v) is 8.50. The Labute approximate surface area is 158 Å². The maximum Gasteiger partial charge on any atom is 0.294 e. The lowest BCUT2D eigenvalue weighted by molar-refractivity contribution is -0.384. The van der Waals surface area contributed by atoms with Crippen LogP contribution in [0, 0.1) is 20.2 Å². The summed E-state index contributed by atoms with van der Waals surface area (Å²) in [5, 5.41) is 23.2. The Kier molecular flexibility index (Phi) is 5.15. The Bertz CT molecular complexity index is 798. The molecule has 136 valence electrons. The van der Waals surface area contributed by atoms with E-state index in [-0.39, 0.29) is 11.4 Å². The van der Waals surface area contributed by atoms with Gasteiger partial charge in [0.25, 0.3) is 11.4 Å². The summed E-state index contributed by atoms with van der Waals surface area (Å²) in [5.41, 5.74) is 0.876. The molecule has 0 atom stereocenters. The fourth-order valence-electron chi connectivity index (χ4n) is 3.01. The number of rotatable bonds is 4. The fraction of sp³-hybridized carbons (Fsp3) is 0.250. The molecule has 1 saturated heterocycles. The molecule has 10 heteroatoms. The topological polar surface area (TPSA) is 92.8 Å². The van der Waals surface area contributed by atoms with Gasteiger partial charge in [0.1, 0.15) is 11.4 Å². The van der Waals surface area contributed by atoms with Gasteiger partial charge in [-0.3, -0.25) is 20.2 Å². The Hall–Kier alpha value is -2.58. The van der Waals surface area contributed by atoms with Crippen molar-refractivity contribution >= 4 is 46.0 Å². The molecule has 0 N–H and O–H groups in total. The molecule has 26 heavy (non-hydrogen) atoms. The van der Waals surface area contributed by atoms with Gasteiger partial charge in [-0.2, -0.15) is 0 Å². The van der Waals surface area contributed by atoms with Crippen LogP contribution in [0.1, 0.15) is 0 Å². The van der Waals surface area contributed by atoms with Crippen molar-refractivity contribution in [2.45, 2.75) is 0 Å². The van der Waals surface area contributed by atoms with Crippen LogP contribution in [-0.2, 0) is 0 Å². The third kappa shape index (κ3) is 3.66. The molecule has 0 radical (unpaired) electrons. The minimum Gasteiger partial charge on any atom is -0.362 e. The van der Waals surface area contributed by atoms with Crippen LogP contribution in [0.2, 0.25) is 10.0 Å². The molecule has 1 fully saturated rings. The SMILES string of the molecule is O=[N+]([O-])c1cc(Cl)ccc1N1CCN(c2ccc(Cl)cc2[N+](=O)[O-])CC1. The maximum absolute atomic E-state index is 11.3. The first-order valence-electron chi connectivity index (χ1n) is 7.74. The second kappa shape index (κ2) is 7.35. The Morgan fingerprint density at radius 1 is 0.731 bits per heavy atom. The summed E-state index contributed by atoms with van der Waals surface area (Å²) < 4.78 is 0. The monoisotopic (exact) mass is 396 g/mol. The summed E-state index contributed by atoms with van der Waals surface area (Å²) in [7, 11) is 0. The van der Waals surface area contributed by atoms with Gasteiger partial charge in [0.2, 0.25) is 0 Å². The van der Waals surface area contributed by atoms with Crippen LogP contribution in [0.5, 0.6) is 0 Å². The molecule has 0 spiro atoms. The average molecular weight is 397 g/mol. The molecule has 0 aliphatic carbocycles. The second-order valence-electron chi connectivity index (χ2n) is 5.75. The van der Waals surface area contributed by atoms with E-state index in [1.54, 1.807) is 24.3 Å². The van der Waals surface area contributed by atoms with Gasteiger partial charge in [0.05, 0.1) is 9.85 Å². The minimum atomic E-state index is -0.461. The van der Waals surface area contributed by atoms with E-state index in [1.165, 1.54) is 12.1 Å². The summed E-state index contributed by atoms with van der Waals surface area (Å²) in [6.45, 7) is 1.95. The first kappa shape index (κ1) is 18.2. The molecule has 0 unspecified atom stereocenters. The second-order valence-corrected chi connectivity index (χ2v) is 6.63. The van der Waals surface area contributed by atoms with Crippen LogP contribution in [0.4, 0.5) is 22.7 Å². The van der Waals surface area contributed by atoms with E-state index >= 15 is 0 Å². The molecule has 8 nitrogen and oxygen atoms in total. The quantitative estimate of drug-likeness (QED) is 0.569. The molecule has 2 aromatic rings. The molecule has 0 aromatic heterocycles. The van der Waals surface area contributed by atoms with Crippen LogP contribution in [0.15, 0.2) is 36.4 Å². The van der Waals surface area contributed by atoms with Crippen LogP contribution in [-0.4, -0.2) is 36.0 Å². The van der Waals surface area contributed by atoms with E-state index in [9.17, 15) is 20.2 Å². The highest BCUT2D eigenvalue weighted by atomic mass is 35.5. The van der Waals surface area contributed by atoms with Gasteiger partial charge in [-0.25, -0.2) is 0 Å². The zero-order chi connectivity index (χ0) is 18.8. The van der Waals surface area contributed by atoms with Gasteiger partial charge in [-0.15, -0.1) is 0 Å². The summed E-state index contributed by atoms with van der Waals surface area (Å²) in [6.07, 6.45) is 0. The average Bonchev–Trinajstić information content (AvgIpc) is 2.61. The lowest BCUT2D eigenvalue weighted by Crippen LogP contribution is -2.46. The first-order chi connectivity index (χ1) is 12.4. The zero-order valence-corrected chi connectivity index (χ0v) is 15.0. The number of benzene rings is 2. The highest BCUT2D eigenvalue weighted by molar-refractivity contribution is 6.31. The highest BCUT2D eigenvalue weighted by Crippen LogP contribution is 2.34. The predicted molar refractivity (Wildman–Crippen MR) is 101 cm³/mol. The number of hydrogen-bond donors (Lipinski definition) is 0. The molecule has 0 saturated carbocycles. The van der Waals surface area contributed by atoms with Crippen molar-refractivity contribution in [2.75, 3.05) is 36.0 Å². The number of halogens is 2. The lowest BCUT2D eigenvalue weighted by Gasteiger charge is -2.36. The van der Waals surface area contributed by atoms with E-state index in [0.29, 0.717) is 47.6 Å². The third-order valence-corrected chi connectivity index (χ3v) is 4.70. The summed E-state index contributed by atoms with van der Waals surface area (Å²) in [5.74, 6) is 0. The summed E-state index contributed by atoms with van der Waals surface area (Å²) >= 11 is 11.7. The molecule has 3 rings (SSSR count). The van der Waals surface area contributed by atoms with Gasteiger partial charge in [-0.05, 0) is 24.3 Å². The normalized spacial score (nSPS) is 14.4. The van der Waals surface area contributed by atoms with E-state index in [1.807, 2.05) is 9.80 Å². The van der Waals surface area contributed by atoms with E-state index in [0.717, 1.165) is 0 Å². The highest BCUT2D eigenvalue weighted by Gasteiger charge is 2.27. The van der Waals surface area contributed by atoms with Crippen molar-refractivity contribution in [1.82, 2.24) is 0 Å². The van der Waals surface area contributed by atoms with Gasteiger partial charge in [0, 0.05) is 48.4 Å². The Balaban J connectivity index is 1.81. The third-order valence-electron chi connectivity index (χ3n) is 4.23. The van der Waals surface area contributed by atoms with E-state index in [4.69, 9.17) is 23.2 Å². The number of hydrogen-bond acceptors (Lipinski definition) is 6. The molecule has 1 heterocycles. The van der Waals surface area contributed by atoms with Crippen LogP contribution < -0.4 is 9.80 Å². The van der Waals surface area contributed by atoms with Crippen LogP contribution in [0.25, 0.3) is 0 Å². The van der Waals surface area contributed by atoms with Gasteiger partial charge in [0.15, 0.2) is 0 Å². The zero-order valence-electron chi connectivity index (χ0n) is 13.5. The van der Waals surface area contributed by atoms with E-state index in [2.05, 4.69) is 0 Å². The molecule has 0 bridgehead atoms. The van der Waals surface area contributed by atoms with Gasteiger partial charge < -0.3 is 9.80 Å². The van der Waals surface area contributed by atoms with Crippen LogP contribution >= 0.6 is 23.2 Å². The minimum absolute atomic E-state index is 0.0524. The molecule has 2 aromatic carbocycles. The summed E-state index contributed by atoms with van der Waals surface area (Å²) in [6, 6.07) is 9.13. The maximum atomic E-state index is 11.3. The Morgan fingerprint density at radius 2 is 1.08 bits per heavy atom. The molecular formula is C16H14Cl2N4O4. The Morgan fingerprint density at radius 3 is 1.38 bits per heavy atom.